The van der Waals surface area contributed by atoms with Gasteiger partial charge in [0.2, 0.25) is 0 Å². The predicted octanol–water partition coefficient (Wildman–Crippen LogP) is 1.62. The number of hydrogen-bond acceptors (Lipinski definition) is 3. The quantitative estimate of drug-likeness (QED) is 0.811. The van der Waals surface area contributed by atoms with E-state index in [1.54, 1.807) is 0 Å². The van der Waals surface area contributed by atoms with Gasteiger partial charge in [-0.15, -0.1) is 0 Å². The molecule has 1 heterocycles. The average molecular weight is 303 g/mol. The molecule has 0 aromatic carbocycles. The van der Waals surface area contributed by atoms with Crippen molar-refractivity contribution in [1.82, 2.24) is 14.3 Å². The van der Waals surface area contributed by atoms with Crippen LogP contribution in [-0.4, -0.2) is 43.9 Å². The van der Waals surface area contributed by atoms with Crippen LogP contribution >= 0.6 is 0 Å². The number of hydrogen-bond donors (Lipinski definition) is 2. The highest BCUT2D eigenvalue weighted by atomic mass is 32.2. The summed E-state index contributed by atoms with van der Waals surface area (Å²) in [5.74, 6) is 0. The van der Waals surface area contributed by atoms with Crippen LogP contribution in [0.2, 0.25) is 0 Å². The molecule has 2 fully saturated rings. The molecule has 2 aliphatic rings. The zero-order chi connectivity index (χ0) is 14.6. The second kappa shape index (κ2) is 6.73. The highest BCUT2D eigenvalue weighted by molar-refractivity contribution is 7.87. The van der Waals surface area contributed by atoms with Crippen molar-refractivity contribution in [2.24, 2.45) is 0 Å². The van der Waals surface area contributed by atoms with Crippen molar-refractivity contribution >= 4 is 10.2 Å². The lowest BCUT2D eigenvalue weighted by Crippen LogP contribution is -2.58. The molecule has 2 N–H and O–H groups in total. The van der Waals surface area contributed by atoms with Gasteiger partial charge in [-0.25, -0.2) is 0 Å². The lowest BCUT2D eigenvalue weighted by Gasteiger charge is -2.45. The molecule has 1 spiro atoms. The van der Waals surface area contributed by atoms with E-state index in [1.165, 1.54) is 36.4 Å². The summed E-state index contributed by atoms with van der Waals surface area (Å²) < 4.78 is 29.1. The SMILES string of the molecule is CCN(CC)S(=O)(=O)NC1CCNC2(CCCCC2)C1. The minimum absolute atomic E-state index is 0.0833. The molecule has 6 heteroatoms. The van der Waals surface area contributed by atoms with E-state index in [-0.39, 0.29) is 11.6 Å². The molecule has 0 bridgehead atoms. The Kier molecular flexibility index (Phi) is 5.45. The fraction of sp³-hybridized carbons (Fsp3) is 1.00. The van der Waals surface area contributed by atoms with Crippen LogP contribution in [0.25, 0.3) is 0 Å². The summed E-state index contributed by atoms with van der Waals surface area (Å²) in [6.45, 7) is 5.75. The van der Waals surface area contributed by atoms with Crippen molar-refractivity contribution in [3.05, 3.63) is 0 Å². The van der Waals surface area contributed by atoms with Gasteiger partial charge in [0.1, 0.15) is 0 Å². The van der Waals surface area contributed by atoms with Crippen molar-refractivity contribution < 1.29 is 8.42 Å². The van der Waals surface area contributed by atoms with Gasteiger partial charge in [0, 0.05) is 24.7 Å². The summed E-state index contributed by atoms with van der Waals surface area (Å²) in [7, 11) is -3.32. The second-order valence-corrected chi connectivity index (χ2v) is 7.87. The van der Waals surface area contributed by atoms with E-state index < -0.39 is 10.2 Å². The van der Waals surface area contributed by atoms with Crippen LogP contribution in [0.4, 0.5) is 0 Å². The molecule has 118 valence electrons. The monoisotopic (exact) mass is 303 g/mol. The summed E-state index contributed by atoms with van der Waals surface area (Å²) in [4.78, 5) is 0. The third kappa shape index (κ3) is 3.72. The molecule has 1 saturated carbocycles. The van der Waals surface area contributed by atoms with Crippen molar-refractivity contribution in [3.63, 3.8) is 0 Å². The number of rotatable bonds is 5. The highest BCUT2D eigenvalue weighted by Crippen LogP contribution is 2.34. The largest absolute Gasteiger partial charge is 0.311 e. The van der Waals surface area contributed by atoms with Crippen LogP contribution in [0.3, 0.4) is 0 Å². The molecule has 1 aliphatic heterocycles. The number of nitrogens with zero attached hydrogens (tertiary/aromatic N) is 1. The van der Waals surface area contributed by atoms with Gasteiger partial charge in [-0.05, 0) is 32.2 Å². The van der Waals surface area contributed by atoms with Crippen LogP contribution in [0, 0.1) is 0 Å². The van der Waals surface area contributed by atoms with Crippen LogP contribution in [0.1, 0.15) is 58.8 Å². The summed E-state index contributed by atoms with van der Waals surface area (Å²) >= 11 is 0. The number of piperidine rings is 1. The van der Waals surface area contributed by atoms with Crippen molar-refractivity contribution in [1.29, 1.82) is 0 Å². The van der Waals surface area contributed by atoms with Gasteiger partial charge >= 0.3 is 0 Å². The maximum Gasteiger partial charge on any atom is 0.279 e. The van der Waals surface area contributed by atoms with E-state index >= 15 is 0 Å². The molecular formula is C14H29N3O2S. The topological polar surface area (TPSA) is 61.4 Å². The smallest absolute Gasteiger partial charge is 0.279 e. The first-order valence-electron chi connectivity index (χ1n) is 8.04. The zero-order valence-corrected chi connectivity index (χ0v) is 13.6. The lowest BCUT2D eigenvalue weighted by atomic mass is 9.75. The third-order valence-corrected chi connectivity index (χ3v) is 6.63. The highest BCUT2D eigenvalue weighted by Gasteiger charge is 2.38. The number of nitrogens with one attached hydrogen (secondary N) is 2. The van der Waals surface area contributed by atoms with Gasteiger partial charge in [0.25, 0.3) is 10.2 Å². The fourth-order valence-electron chi connectivity index (χ4n) is 3.72. The van der Waals surface area contributed by atoms with E-state index in [1.807, 2.05) is 13.8 Å². The van der Waals surface area contributed by atoms with E-state index in [4.69, 9.17) is 0 Å². The Morgan fingerprint density at radius 3 is 2.45 bits per heavy atom. The van der Waals surface area contributed by atoms with E-state index in [0.29, 0.717) is 13.1 Å². The molecule has 5 nitrogen and oxygen atoms in total. The van der Waals surface area contributed by atoms with E-state index in [9.17, 15) is 8.42 Å². The Bertz CT molecular complexity index is 395. The Morgan fingerprint density at radius 1 is 1.20 bits per heavy atom. The summed E-state index contributed by atoms with van der Waals surface area (Å²) in [6, 6.07) is 0.0833. The van der Waals surface area contributed by atoms with Crippen molar-refractivity contribution in [2.45, 2.75) is 70.4 Å². The Morgan fingerprint density at radius 2 is 1.85 bits per heavy atom. The minimum atomic E-state index is -3.32. The van der Waals surface area contributed by atoms with Gasteiger partial charge in [0.05, 0.1) is 0 Å². The maximum atomic E-state index is 12.3. The first-order valence-corrected chi connectivity index (χ1v) is 9.48. The fourth-order valence-corrected chi connectivity index (χ4v) is 5.17. The lowest BCUT2D eigenvalue weighted by molar-refractivity contribution is 0.164. The normalized spacial score (nSPS) is 27.1. The Balaban J connectivity index is 1.99. The Hall–Kier alpha value is -0.170. The van der Waals surface area contributed by atoms with Crippen molar-refractivity contribution in [2.75, 3.05) is 19.6 Å². The van der Waals surface area contributed by atoms with Crippen molar-refractivity contribution in [3.8, 4) is 0 Å². The molecule has 0 aromatic rings. The standard InChI is InChI=1S/C14H29N3O2S/c1-3-17(4-2)20(18,19)16-13-8-11-15-14(12-13)9-6-5-7-10-14/h13,15-16H,3-12H2,1-2H3. The van der Waals surface area contributed by atoms with Gasteiger partial charge < -0.3 is 5.32 Å². The Labute approximate surface area is 123 Å². The van der Waals surface area contributed by atoms with Crippen LogP contribution in [-0.2, 0) is 10.2 Å². The maximum absolute atomic E-state index is 12.3. The molecule has 20 heavy (non-hydrogen) atoms. The van der Waals surface area contributed by atoms with Gasteiger partial charge in [-0.2, -0.15) is 17.4 Å². The summed E-state index contributed by atoms with van der Waals surface area (Å²) in [6.07, 6.45) is 8.06. The van der Waals surface area contributed by atoms with Crippen LogP contribution < -0.4 is 10.0 Å². The third-order valence-electron chi connectivity index (χ3n) is 4.80. The first-order chi connectivity index (χ1) is 9.51. The summed E-state index contributed by atoms with van der Waals surface area (Å²) in [5, 5.41) is 3.66. The molecule has 0 radical (unpaired) electrons. The van der Waals surface area contributed by atoms with E-state index in [0.717, 1.165) is 19.4 Å². The molecule has 1 saturated heterocycles. The van der Waals surface area contributed by atoms with Gasteiger partial charge in [-0.1, -0.05) is 33.1 Å². The molecule has 1 unspecified atom stereocenters. The predicted molar refractivity (Wildman–Crippen MR) is 81.8 cm³/mol. The molecular weight excluding hydrogens is 274 g/mol. The summed E-state index contributed by atoms with van der Waals surface area (Å²) in [5.41, 5.74) is 0.187. The average Bonchev–Trinajstić information content (AvgIpc) is 2.40. The molecule has 2 rings (SSSR count). The van der Waals surface area contributed by atoms with E-state index in [2.05, 4.69) is 10.0 Å². The molecule has 0 amide bonds. The molecule has 0 aromatic heterocycles. The molecule has 1 aliphatic carbocycles. The second-order valence-electron chi connectivity index (χ2n) is 6.16. The van der Waals surface area contributed by atoms with Gasteiger partial charge in [-0.3, -0.25) is 0 Å². The zero-order valence-electron chi connectivity index (χ0n) is 12.8. The van der Waals surface area contributed by atoms with Gasteiger partial charge in [0.15, 0.2) is 0 Å². The first kappa shape index (κ1) is 16.2. The molecule has 1 atom stereocenters. The minimum Gasteiger partial charge on any atom is -0.311 e. The van der Waals surface area contributed by atoms with Crippen LogP contribution in [0.15, 0.2) is 0 Å². The van der Waals surface area contributed by atoms with Crippen LogP contribution in [0.5, 0.6) is 0 Å².